The van der Waals surface area contributed by atoms with Crippen LogP contribution >= 0.6 is 0 Å². The van der Waals surface area contributed by atoms with E-state index in [-0.39, 0.29) is 0 Å². The van der Waals surface area contributed by atoms with Crippen LogP contribution in [0.25, 0.3) is 27.6 Å². The van der Waals surface area contributed by atoms with Crippen LogP contribution < -0.4 is 0 Å². The molecule has 18 heavy (non-hydrogen) atoms. The van der Waals surface area contributed by atoms with E-state index < -0.39 is 0 Å². The van der Waals surface area contributed by atoms with Gasteiger partial charge in [-0.25, -0.2) is 0 Å². The number of hydrogen-bond acceptors (Lipinski definition) is 0. The third-order valence-electron chi connectivity index (χ3n) is 3.84. The van der Waals surface area contributed by atoms with Crippen LogP contribution in [0, 0.1) is 0 Å². The Morgan fingerprint density at radius 1 is 0.722 bits per heavy atom. The van der Waals surface area contributed by atoms with Crippen molar-refractivity contribution in [3.05, 3.63) is 65.7 Å². The minimum atomic E-state index is 1.17. The van der Waals surface area contributed by atoms with Crippen molar-refractivity contribution < 1.29 is 0 Å². The lowest BCUT2D eigenvalue weighted by molar-refractivity contribution is 0.989. The second kappa shape index (κ2) is 3.71. The van der Waals surface area contributed by atoms with Crippen LogP contribution in [0.5, 0.6) is 0 Å². The zero-order chi connectivity index (χ0) is 11.9. The molecular formula is C18H14. The summed E-state index contributed by atoms with van der Waals surface area (Å²) in [5.41, 5.74) is 2.88. The van der Waals surface area contributed by atoms with Crippen molar-refractivity contribution in [2.75, 3.05) is 0 Å². The van der Waals surface area contributed by atoms with Crippen LogP contribution in [-0.2, 0) is 6.42 Å². The summed E-state index contributed by atoms with van der Waals surface area (Å²) in [6.45, 7) is 0. The van der Waals surface area contributed by atoms with E-state index in [4.69, 9.17) is 0 Å². The fourth-order valence-electron chi connectivity index (χ4n) is 2.88. The van der Waals surface area contributed by atoms with E-state index in [0.717, 1.165) is 0 Å². The summed E-state index contributed by atoms with van der Waals surface area (Å²) in [7, 11) is 0. The Hall–Kier alpha value is -2.08. The van der Waals surface area contributed by atoms with Gasteiger partial charge in [0.25, 0.3) is 0 Å². The summed E-state index contributed by atoms with van der Waals surface area (Å²) in [4.78, 5) is 0. The van der Waals surface area contributed by atoms with Gasteiger partial charge in [0.1, 0.15) is 0 Å². The molecule has 0 bridgehead atoms. The molecule has 3 aromatic carbocycles. The van der Waals surface area contributed by atoms with Gasteiger partial charge in [-0.3, -0.25) is 0 Å². The highest BCUT2D eigenvalue weighted by atomic mass is 14.1. The normalized spacial score (nSPS) is 14.0. The Kier molecular flexibility index (Phi) is 2.04. The van der Waals surface area contributed by atoms with Crippen molar-refractivity contribution in [1.82, 2.24) is 0 Å². The van der Waals surface area contributed by atoms with E-state index in [1.165, 1.54) is 45.5 Å². The third kappa shape index (κ3) is 1.46. The Bertz CT molecular complexity index is 778. The van der Waals surface area contributed by atoms with E-state index in [0.29, 0.717) is 0 Å². The fourth-order valence-corrected chi connectivity index (χ4v) is 2.88. The van der Waals surface area contributed by atoms with Crippen LogP contribution in [0.4, 0.5) is 0 Å². The topological polar surface area (TPSA) is 0 Å². The predicted molar refractivity (Wildman–Crippen MR) is 78.8 cm³/mol. The quantitative estimate of drug-likeness (QED) is 0.479. The minimum absolute atomic E-state index is 1.17. The molecule has 0 aromatic heterocycles. The number of fused-ring (bicyclic) bond motifs is 3. The van der Waals surface area contributed by atoms with Crippen molar-refractivity contribution in [3.8, 4) is 0 Å². The van der Waals surface area contributed by atoms with Crippen LogP contribution in [0.1, 0.15) is 17.5 Å². The summed E-state index contributed by atoms with van der Waals surface area (Å²) < 4.78 is 0. The minimum Gasteiger partial charge on any atom is -0.0836 e. The molecule has 0 atom stereocenters. The number of rotatable bonds is 0. The fraction of sp³-hybridized carbons (Fsp3) is 0.111. The SMILES string of the molecule is C1=Cc2cc3cc4ccccc4cc3cc2CC1. The lowest BCUT2D eigenvalue weighted by atomic mass is 9.93. The van der Waals surface area contributed by atoms with Gasteiger partial charge in [0.05, 0.1) is 0 Å². The molecular weight excluding hydrogens is 216 g/mol. The Balaban J connectivity index is 2.09. The summed E-state index contributed by atoms with van der Waals surface area (Å²) in [6, 6.07) is 17.9. The monoisotopic (exact) mass is 230 g/mol. The molecule has 0 saturated carbocycles. The van der Waals surface area contributed by atoms with Crippen LogP contribution in [0.2, 0.25) is 0 Å². The maximum atomic E-state index is 2.36. The van der Waals surface area contributed by atoms with Gasteiger partial charge >= 0.3 is 0 Å². The van der Waals surface area contributed by atoms with Gasteiger partial charge in [-0.15, -0.1) is 0 Å². The summed E-state index contributed by atoms with van der Waals surface area (Å²) in [6.07, 6.45) is 6.88. The third-order valence-corrected chi connectivity index (χ3v) is 3.84. The molecule has 3 aromatic rings. The van der Waals surface area contributed by atoms with Crippen molar-refractivity contribution in [2.24, 2.45) is 0 Å². The maximum Gasteiger partial charge on any atom is -0.0171 e. The summed E-state index contributed by atoms with van der Waals surface area (Å²) in [5, 5.41) is 5.36. The van der Waals surface area contributed by atoms with Crippen LogP contribution in [0.15, 0.2) is 54.6 Å². The molecule has 0 nitrogen and oxygen atoms in total. The first-order chi connectivity index (χ1) is 8.90. The molecule has 0 N–H and O–H groups in total. The highest BCUT2D eigenvalue weighted by Gasteiger charge is 2.06. The highest BCUT2D eigenvalue weighted by Crippen LogP contribution is 2.28. The first kappa shape index (κ1) is 9.90. The largest absolute Gasteiger partial charge is 0.0836 e. The van der Waals surface area contributed by atoms with Crippen molar-refractivity contribution in [1.29, 1.82) is 0 Å². The molecule has 0 heterocycles. The molecule has 0 fully saturated rings. The molecule has 1 aliphatic carbocycles. The molecule has 0 heteroatoms. The highest BCUT2D eigenvalue weighted by molar-refractivity contribution is 5.99. The van der Waals surface area contributed by atoms with Gasteiger partial charge in [0.2, 0.25) is 0 Å². The molecule has 0 amide bonds. The van der Waals surface area contributed by atoms with Crippen molar-refractivity contribution in [2.45, 2.75) is 12.8 Å². The summed E-state index contributed by atoms with van der Waals surface area (Å²) in [5.74, 6) is 0. The Morgan fingerprint density at radius 2 is 1.44 bits per heavy atom. The number of aryl methyl sites for hydroxylation is 1. The zero-order valence-electron chi connectivity index (χ0n) is 10.2. The van der Waals surface area contributed by atoms with Crippen molar-refractivity contribution >= 4 is 27.6 Å². The number of hydrogen-bond donors (Lipinski definition) is 0. The molecule has 0 unspecified atom stereocenters. The second-order valence-electron chi connectivity index (χ2n) is 5.04. The maximum absolute atomic E-state index is 2.36. The Morgan fingerprint density at radius 3 is 2.22 bits per heavy atom. The molecule has 0 aliphatic heterocycles. The van der Waals surface area contributed by atoms with Crippen LogP contribution in [0.3, 0.4) is 0 Å². The smallest absolute Gasteiger partial charge is 0.0171 e. The standard InChI is InChI=1S/C18H14/c1-2-6-14-10-18-12-16-8-4-3-7-15(16)11-17(18)9-13(14)5-1/h1-3,5-7,9-12H,4,8H2. The van der Waals surface area contributed by atoms with Gasteiger partial charge in [0.15, 0.2) is 0 Å². The van der Waals surface area contributed by atoms with E-state index in [2.05, 4.69) is 60.7 Å². The van der Waals surface area contributed by atoms with Gasteiger partial charge in [-0.2, -0.15) is 0 Å². The van der Waals surface area contributed by atoms with E-state index in [1.807, 2.05) is 0 Å². The number of allylic oxidation sites excluding steroid dienone is 1. The molecule has 86 valence electrons. The Labute approximate surface area is 107 Å². The average molecular weight is 230 g/mol. The molecule has 0 spiro atoms. The van der Waals surface area contributed by atoms with E-state index >= 15 is 0 Å². The predicted octanol–water partition coefficient (Wildman–Crippen LogP) is 4.95. The number of benzene rings is 3. The lowest BCUT2D eigenvalue weighted by Crippen LogP contribution is -1.93. The lowest BCUT2D eigenvalue weighted by Gasteiger charge is -2.12. The van der Waals surface area contributed by atoms with Gasteiger partial charge in [-0.1, -0.05) is 42.5 Å². The van der Waals surface area contributed by atoms with Crippen LogP contribution in [-0.4, -0.2) is 0 Å². The van der Waals surface area contributed by atoms with E-state index in [1.54, 1.807) is 0 Å². The van der Waals surface area contributed by atoms with Gasteiger partial charge in [-0.05, 0) is 63.7 Å². The molecule has 1 aliphatic rings. The van der Waals surface area contributed by atoms with Gasteiger partial charge < -0.3 is 0 Å². The average Bonchev–Trinajstić information content (AvgIpc) is 2.42. The zero-order valence-corrected chi connectivity index (χ0v) is 10.2. The molecule has 0 radical (unpaired) electrons. The van der Waals surface area contributed by atoms with E-state index in [9.17, 15) is 0 Å². The first-order valence-corrected chi connectivity index (χ1v) is 6.52. The van der Waals surface area contributed by atoms with Crippen molar-refractivity contribution in [3.63, 3.8) is 0 Å². The molecule has 4 rings (SSSR count). The van der Waals surface area contributed by atoms with Gasteiger partial charge in [0, 0.05) is 0 Å². The second-order valence-corrected chi connectivity index (χ2v) is 5.04. The summed E-state index contributed by atoms with van der Waals surface area (Å²) >= 11 is 0. The first-order valence-electron chi connectivity index (χ1n) is 6.52. The molecule has 0 saturated heterocycles.